The lowest BCUT2D eigenvalue weighted by Gasteiger charge is -2.36. The third kappa shape index (κ3) is 4.65. The number of hydrogen-bond donors (Lipinski definition) is 2. The number of nitrogens with one attached hydrogen (secondary N) is 2. The predicted octanol–water partition coefficient (Wildman–Crippen LogP) is 2.56. The Labute approximate surface area is 93.1 Å². The van der Waals surface area contributed by atoms with Crippen LogP contribution in [-0.2, 0) is 4.74 Å². The largest absolute Gasteiger partial charge is 0.483 e. The monoisotopic (exact) mass is 212 g/mol. The first-order valence-corrected chi connectivity index (χ1v) is 5.91. The Morgan fingerprint density at radius 3 is 2.60 bits per heavy atom. The number of rotatable bonds is 4. The Morgan fingerprint density at radius 2 is 2.00 bits per heavy atom. The van der Waals surface area contributed by atoms with Gasteiger partial charge in [-0.15, -0.1) is 0 Å². The van der Waals surface area contributed by atoms with Gasteiger partial charge in [-0.3, -0.25) is 5.41 Å². The topological polar surface area (TPSA) is 45.1 Å². The first-order valence-electron chi connectivity index (χ1n) is 5.91. The van der Waals surface area contributed by atoms with Crippen molar-refractivity contribution in [2.75, 3.05) is 6.61 Å². The predicted molar refractivity (Wildman–Crippen MR) is 63.4 cm³/mol. The van der Waals surface area contributed by atoms with Crippen LogP contribution in [-0.4, -0.2) is 24.6 Å². The van der Waals surface area contributed by atoms with Crippen molar-refractivity contribution >= 4 is 6.40 Å². The van der Waals surface area contributed by atoms with Gasteiger partial charge < -0.3 is 10.1 Å². The van der Waals surface area contributed by atoms with Crippen LogP contribution in [0, 0.1) is 11.3 Å². The Hall–Kier alpha value is -0.570. The number of ether oxygens (including phenoxy) is 1. The van der Waals surface area contributed by atoms with Crippen molar-refractivity contribution in [3.63, 3.8) is 0 Å². The molecule has 3 nitrogen and oxygen atoms in total. The molecule has 2 N–H and O–H groups in total. The van der Waals surface area contributed by atoms with Crippen molar-refractivity contribution in [1.29, 1.82) is 5.41 Å². The van der Waals surface area contributed by atoms with Gasteiger partial charge in [-0.25, -0.2) is 0 Å². The van der Waals surface area contributed by atoms with Gasteiger partial charge in [0.25, 0.3) is 0 Å². The second-order valence-electron chi connectivity index (χ2n) is 5.50. The van der Waals surface area contributed by atoms with Crippen LogP contribution < -0.4 is 5.32 Å². The van der Waals surface area contributed by atoms with E-state index in [0.717, 1.165) is 6.40 Å². The van der Waals surface area contributed by atoms with Crippen LogP contribution in [0.3, 0.4) is 0 Å². The molecule has 2 unspecified atom stereocenters. The van der Waals surface area contributed by atoms with Crippen LogP contribution in [0.4, 0.5) is 0 Å². The summed E-state index contributed by atoms with van der Waals surface area (Å²) in [6.45, 7) is 7.31. The molecule has 1 saturated carbocycles. The molecule has 0 aromatic heterocycles. The van der Waals surface area contributed by atoms with E-state index in [0.29, 0.717) is 18.6 Å². The zero-order chi connectivity index (χ0) is 11.3. The molecule has 0 spiro atoms. The van der Waals surface area contributed by atoms with Crippen LogP contribution in [0.2, 0.25) is 0 Å². The molecule has 15 heavy (non-hydrogen) atoms. The van der Waals surface area contributed by atoms with Gasteiger partial charge in [-0.1, -0.05) is 12.8 Å². The lowest BCUT2D eigenvalue weighted by atomic mass is 9.84. The average molecular weight is 212 g/mol. The smallest absolute Gasteiger partial charge is 0.166 e. The van der Waals surface area contributed by atoms with Crippen molar-refractivity contribution in [2.45, 2.75) is 58.0 Å². The Balaban J connectivity index is 2.45. The maximum atomic E-state index is 6.90. The quantitative estimate of drug-likeness (QED) is 0.555. The first kappa shape index (κ1) is 12.5. The normalized spacial score (nSPS) is 27.4. The molecule has 1 fully saturated rings. The van der Waals surface area contributed by atoms with Crippen molar-refractivity contribution in [3.05, 3.63) is 0 Å². The SMILES string of the molecule is CC(C)(C)NC1CCCCC1COC=N. The van der Waals surface area contributed by atoms with Gasteiger partial charge in [-0.05, 0) is 33.6 Å². The highest BCUT2D eigenvalue weighted by atomic mass is 16.5. The van der Waals surface area contributed by atoms with Crippen LogP contribution in [0.25, 0.3) is 0 Å². The maximum Gasteiger partial charge on any atom is 0.166 e. The number of hydrogen-bond acceptors (Lipinski definition) is 3. The molecule has 3 heteroatoms. The highest BCUT2D eigenvalue weighted by Gasteiger charge is 2.28. The second-order valence-corrected chi connectivity index (χ2v) is 5.50. The lowest BCUT2D eigenvalue weighted by molar-refractivity contribution is 0.147. The van der Waals surface area contributed by atoms with E-state index in [1.807, 2.05) is 0 Å². The lowest BCUT2D eigenvalue weighted by Crippen LogP contribution is -2.49. The molecule has 0 saturated heterocycles. The van der Waals surface area contributed by atoms with E-state index in [9.17, 15) is 0 Å². The third-order valence-electron chi connectivity index (χ3n) is 2.92. The minimum Gasteiger partial charge on any atom is -0.483 e. The van der Waals surface area contributed by atoms with Crippen LogP contribution in [0.5, 0.6) is 0 Å². The highest BCUT2D eigenvalue weighted by Crippen LogP contribution is 2.26. The molecule has 0 aliphatic heterocycles. The molecule has 0 bridgehead atoms. The maximum absolute atomic E-state index is 6.90. The van der Waals surface area contributed by atoms with E-state index in [4.69, 9.17) is 10.1 Å². The van der Waals surface area contributed by atoms with Gasteiger partial charge in [-0.2, -0.15) is 0 Å². The molecular weight excluding hydrogens is 188 g/mol. The summed E-state index contributed by atoms with van der Waals surface area (Å²) in [7, 11) is 0. The van der Waals surface area contributed by atoms with E-state index < -0.39 is 0 Å². The fourth-order valence-corrected chi connectivity index (χ4v) is 2.33. The second kappa shape index (κ2) is 5.50. The zero-order valence-corrected chi connectivity index (χ0v) is 10.2. The summed E-state index contributed by atoms with van der Waals surface area (Å²) in [6.07, 6.45) is 6.14. The summed E-state index contributed by atoms with van der Waals surface area (Å²) < 4.78 is 5.12. The molecule has 1 rings (SSSR count). The highest BCUT2D eigenvalue weighted by molar-refractivity contribution is 5.40. The molecule has 1 aliphatic carbocycles. The van der Waals surface area contributed by atoms with Crippen LogP contribution in [0.15, 0.2) is 0 Å². The van der Waals surface area contributed by atoms with E-state index in [1.54, 1.807) is 0 Å². The Kier molecular flexibility index (Phi) is 4.58. The molecule has 0 aromatic carbocycles. The van der Waals surface area contributed by atoms with Gasteiger partial charge in [0.1, 0.15) is 0 Å². The summed E-state index contributed by atoms with van der Waals surface area (Å²) in [5, 5.41) is 10.6. The molecule has 2 atom stereocenters. The summed E-state index contributed by atoms with van der Waals surface area (Å²) in [6, 6.07) is 0.554. The average Bonchev–Trinajstić information content (AvgIpc) is 2.14. The van der Waals surface area contributed by atoms with E-state index in [1.165, 1.54) is 25.7 Å². The Morgan fingerprint density at radius 1 is 1.33 bits per heavy atom. The van der Waals surface area contributed by atoms with Gasteiger partial charge in [0, 0.05) is 17.5 Å². The van der Waals surface area contributed by atoms with Crippen molar-refractivity contribution in [3.8, 4) is 0 Å². The van der Waals surface area contributed by atoms with Crippen molar-refractivity contribution < 1.29 is 4.74 Å². The summed E-state index contributed by atoms with van der Waals surface area (Å²) in [5.41, 5.74) is 0.172. The minimum absolute atomic E-state index is 0.172. The fourth-order valence-electron chi connectivity index (χ4n) is 2.33. The van der Waals surface area contributed by atoms with E-state index >= 15 is 0 Å². The molecule has 1 aliphatic rings. The fraction of sp³-hybridized carbons (Fsp3) is 0.917. The molecule has 0 aromatic rings. The molecule has 0 radical (unpaired) electrons. The van der Waals surface area contributed by atoms with Crippen LogP contribution >= 0.6 is 0 Å². The van der Waals surface area contributed by atoms with E-state index in [2.05, 4.69) is 26.1 Å². The van der Waals surface area contributed by atoms with Crippen LogP contribution in [0.1, 0.15) is 46.5 Å². The molecule has 88 valence electrons. The Bertz CT molecular complexity index is 198. The zero-order valence-electron chi connectivity index (χ0n) is 10.2. The summed E-state index contributed by atoms with van der Waals surface area (Å²) in [5.74, 6) is 0.569. The third-order valence-corrected chi connectivity index (χ3v) is 2.92. The first-order chi connectivity index (χ1) is 7.03. The molecule has 0 heterocycles. The van der Waals surface area contributed by atoms with Crippen molar-refractivity contribution in [1.82, 2.24) is 5.32 Å². The molecule has 0 amide bonds. The van der Waals surface area contributed by atoms with Crippen molar-refractivity contribution in [2.24, 2.45) is 5.92 Å². The van der Waals surface area contributed by atoms with Gasteiger partial charge in [0.05, 0.1) is 6.61 Å². The van der Waals surface area contributed by atoms with Gasteiger partial charge >= 0.3 is 0 Å². The van der Waals surface area contributed by atoms with E-state index in [-0.39, 0.29) is 5.54 Å². The van der Waals surface area contributed by atoms with Gasteiger partial charge in [0.2, 0.25) is 0 Å². The summed E-state index contributed by atoms with van der Waals surface area (Å²) in [4.78, 5) is 0. The summed E-state index contributed by atoms with van der Waals surface area (Å²) >= 11 is 0. The van der Waals surface area contributed by atoms with Gasteiger partial charge in [0.15, 0.2) is 6.40 Å². The molecular formula is C12H24N2O. The minimum atomic E-state index is 0.172. The standard InChI is InChI=1S/C12H24N2O/c1-12(2,3)14-11-7-5-4-6-10(11)8-15-9-13/h9-11,13-14H,4-8H2,1-3H3.